The molecule has 0 aliphatic carbocycles. The molecule has 1 amide bonds. The molecule has 2 aliphatic rings. The fraction of sp³-hybridized carbons (Fsp3) is 0.364. The molecule has 1 saturated heterocycles. The molecular weight excluding hydrogens is 489 g/mol. The summed E-state index contributed by atoms with van der Waals surface area (Å²) in [7, 11) is 0. The van der Waals surface area contributed by atoms with Crippen LogP contribution in [0.3, 0.4) is 0 Å². The Labute approximate surface area is 206 Å². The second-order valence-corrected chi connectivity index (χ2v) is 9.84. The Morgan fingerprint density at radius 1 is 1.21 bits per heavy atom. The fourth-order valence-electron chi connectivity index (χ4n) is 3.29. The summed E-state index contributed by atoms with van der Waals surface area (Å²) in [6, 6.07) is 6.60. The molecule has 1 aromatic carbocycles. The van der Waals surface area contributed by atoms with Gasteiger partial charge < -0.3 is 19.1 Å². The fourth-order valence-corrected chi connectivity index (χ4v) is 4.11. The number of thiocarbonyl (C=S) groups is 1. The third-order valence-electron chi connectivity index (χ3n) is 4.87. The summed E-state index contributed by atoms with van der Waals surface area (Å²) in [4.78, 5) is 31.8. The largest absolute Gasteiger partial charge is 0.454 e. The van der Waals surface area contributed by atoms with Crippen molar-refractivity contribution in [2.45, 2.75) is 39.0 Å². The number of ether oxygens (including phenoxy) is 3. The third-order valence-corrected chi connectivity index (χ3v) is 5.67. The van der Waals surface area contributed by atoms with Gasteiger partial charge in [-0.15, -0.1) is 0 Å². The zero-order valence-corrected chi connectivity index (χ0v) is 20.5. The molecule has 0 radical (unpaired) electrons. The second kappa shape index (κ2) is 8.96. The number of nitrogens with zero attached hydrogens (tertiary/aromatic N) is 3. The van der Waals surface area contributed by atoms with Crippen LogP contribution in [-0.4, -0.2) is 51.9 Å². The summed E-state index contributed by atoms with van der Waals surface area (Å²) in [5, 5.41) is 1.09. The number of likely N-dealkylation sites (tertiary alicyclic amines) is 1. The number of hydrogen-bond acceptors (Lipinski definition) is 7. The number of pyridine rings is 1. The second-order valence-electron chi connectivity index (χ2n) is 8.64. The van der Waals surface area contributed by atoms with Gasteiger partial charge in [-0.3, -0.25) is 4.90 Å². The van der Waals surface area contributed by atoms with E-state index < -0.39 is 23.8 Å². The standard InChI is InChI=1S/C22H21Cl2N3O5S/c1-22(2,3)32-20(29)26-10-15(11-26)30-19(28)17-5-4-14(8-25-17)27-9-12-6-13(23)7-16(24)18(12)31-21(27)33/h4-8,15H,9-11H2,1-3H3. The van der Waals surface area contributed by atoms with Crippen molar-refractivity contribution in [1.82, 2.24) is 9.88 Å². The number of carbonyl (C=O) groups excluding carboxylic acids is 2. The van der Waals surface area contributed by atoms with E-state index in [0.29, 0.717) is 28.0 Å². The van der Waals surface area contributed by atoms with Crippen LogP contribution in [0.2, 0.25) is 10.0 Å². The number of hydrogen-bond donors (Lipinski definition) is 0. The van der Waals surface area contributed by atoms with Gasteiger partial charge in [0.15, 0.2) is 5.75 Å². The maximum absolute atomic E-state index is 12.4. The Balaban J connectivity index is 1.35. The van der Waals surface area contributed by atoms with E-state index in [4.69, 9.17) is 49.6 Å². The van der Waals surface area contributed by atoms with E-state index >= 15 is 0 Å². The first-order valence-electron chi connectivity index (χ1n) is 10.1. The van der Waals surface area contributed by atoms with Crippen LogP contribution in [0.25, 0.3) is 0 Å². The highest BCUT2D eigenvalue weighted by molar-refractivity contribution is 7.80. The van der Waals surface area contributed by atoms with E-state index in [0.717, 1.165) is 5.56 Å². The first-order chi connectivity index (χ1) is 15.5. The van der Waals surface area contributed by atoms with Gasteiger partial charge >= 0.3 is 12.1 Å². The minimum absolute atomic E-state index is 0.143. The zero-order chi connectivity index (χ0) is 23.9. The lowest BCUT2D eigenvalue weighted by Gasteiger charge is -2.38. The topological polar surface area (TPSA) is 81.2 Å². The number of anilines is 1. The minimum atomic E-state index is -0.577. The van der Waals surface area contributed by atoms with Crippen LogP contribution >= 0.6 is 35.4 Å². The maximum atomic E-state index is 12.4. The summed E-state index contributed by atoms with van der Waals surface area (Å²) >= 11 is 17.6. The number of amides is 1. The first-order valence-corrected chi connectivity index (χ1v) is 11.3. The molecule has 0 saturated carbocycles. The number of carbonyl (C=O) groups is 2. The Morgan fingerprint density at radius 2 is 1.94 bits per heavy atom. The molecule has 1 aromatic heterocycles. The zero-order valence-electron chi connectivity index (χ0n) is 18.1. The average Bonchev–Trinajstić information content (AvgIpc) is 2.69. The van der Waals surface area contributed by atoms with Crippen LogP contribution in [-0.2, 0) is 16.0 Å². The van der Waals surface area contributed by atoms with E-state index in [-0.39, 0.29) is 24.0 Å². The average molecular weight is 510 g/mol. The van der Waals surface area contributed by atoms with Crippen molar-refractivity contribution in [3.8, 4) is 5.75 Å². The van der Waals surface area contributed by atoms with Gasteiger partial charge in [-0.05, 0) is 57.3 Å². The van der Waals surface area contributed by atoms with Crippen LogP contribution in [0.1, 0.15) is 36.8 Å². The van der Waals surface area contributed by atoms with Crippen LogP contribution in [0.15, 0.2) is 30.5 Å². The van der Waals surface area contributed by atoms with Gasteiger partial charge in [0.1, 0.15) is 17.4 Å². The molecule has 174 valence electrons. The number of benzene rings is 1. The van der Waals surface area contributed by atoms with Gasteiger partial charge in [-0.25, -0.2) is 14.6 Å². The highest BCUT2D eigenvalue weighted by Crippen LogP contribution is 2.37. The molecule has 8 nitrogen and oxygen atoms in total. The Kier molecular flexibility index (Phi) is 6.39. The van der Waals surface area contributed by atoms with Crippen LogP contribution in [0.5, 0.6) is 5.75 Å². The molecule has 0 bridgehead atoms. The van der Waals surface area contributed by atoms with Crippen molar-refractivity contribution >= 4 is 58.3 Å². The molecule has 0 spiro atoms. The highest BCUT2D eigenvalue weighted by Gasteiger charge is 2.36. The lowest BCUT2D eigenvalue weighted by atomic mass is 10.1. The summed E-state index contributed by atoms with van der Waals surface area (Å²) in [5.41, 5.74) is 0.985. The van der Waals surface area contributed by atoms with Crippen LogP contribution in [0, 0.1) is 0 Å². The predicted octanol–water partition coefficient (Wildman–Crippen LogP) is 4.85. The molecule has 3 heterocycles. The Bertz CT molecular complexity index is 1110. The highest BCUT2D eigenvalue weighted by atomic mass is 35.5. The summed E-state index contributed by atoms with van der Waals surface area (Å²) < 4.78 is 16.4. The lowest BCUT2D eigenvalue weighted by Crippen LogP contribution is -2.56. The normalized spacial score (nSPS) is 16.0. The summed E-state index contributed by atoms with van der Waals surface area (Å²) in [6.07, 6.45) is 0.679. The molecule has 2 aromatic rings. The molecule has 1 fully saturated rings. The lowest BCUT2D eigenvalue weighted by molar-refractivity contribution is -0.0455. The molecule has 0 N–H and O–H groups in total. The monoisotopic (exact) mass is 509 g/mol. The maximum Gasteiger partial charge on any atom is 0.410 e. The number of halogens is 2. The van der Waals surface area contributed by atoms with Crippen LogP contribution < -0.4 is 9.64 Å². The molecule has 2 aliphatic heterocycles. The number of esters is 1. The molecule has 4 rings (SSSR count). The molecule has 33 heavy (non-hydrogen) atoms. The Hall–Kier alpha value is -2.62. The number of fused-ring (bicyclic) bond motifs is 1. The molecule has 0 atom stereocenters. The molecular formula is C22H21Cl2N3O5S. The molecule has 11 heteroatoms. The van der Waals surface area contributed by atoms with Crippen molar-refractivity contribution in [1.29, 1.82) is 0 Å². The minimum Gasteiger partial charge on any atom is -0.454 e. The summed E-state index contributed by atoms with van der Waals surface area (Å²) in [6.45, 7) is 6.34. The van der Waals surface area contributed by atoms with Gasteiger partial charge in [0.25, 0.3) is 5.17 Å². The van der Waals surface area contributed by atoms with Crippen molar-refractivity contribution in [3.05, 3.63) is 51.8 Å². The number of rotatable bonds is 3. The van der Waals surface area contributed by atoms with E-state index in [1.165, 1.54) is 11.1 Å². The van der Waals surface area contributed by atoms with E-state index in [1.807, 2.05) is 0 Å². The van der Waals surface area contributed by atoms with Gasteiger partial charge in [0.05, 0.1) is 36.5 Å². The molecule has 0 unspecified atom stereocenters. The van der Waals surface area contributed by atoms with Gasteiger partial charge in [-0.2, -0.15) is 0 Å². The van der Waals surface area contributed by atoms with Crippen LogP contribution in [0.4, 0.5) is 10.5 Å². The van der Waals surface area contributed by atoms with E-state index in [9.17, 15) is 9.59 Å². The van der Waals surface area contributed by atoms with Crippen molar-refractivity contribution < 1.29 is 23.8 Å². The Morgan fingerprint density at radius 3 is 2.58 bits per heavy atom. The van der Waals surface area contributed by atoms with E-state index in [2.05, 4.69) is 4.98 Å². The first kappa shape index (κ1) is 23.5. The smallest absolute Gasteiger partial charge is 0.410 e. The SMILES string of the molecule is CC(C)(C)OC(=O)N1CC(OC(=O)c2ccc(N3Cc4cc(Cl)cc(Cl)c4OC3=S)cn2)C1. The third kappa shape index (κ3) is 5.31. The predicted molar refractivity (Wildman–Crippen MR) is 127 cm³/mol. The van der Waals surface area contributed by atoms with Gasteiger partial charge in [-0.1, -0.05) is 23.2 Å². The van der Waals surface area contributed by atoms with Crippen molar-refractivity contribution in [2.24, 2.45) is 0 Å². The number of aromatic nitrogens is 1. The van der Waals surface area contributed by atoms with E-state index in [1.54, 1.807) is 49.9 Å². The van der Waals surface area contributed by atoms with Crippen molar-refractivity contribution in [2.75, 3.05) is 18.0 Å². The van der Waals surface area contributed by atoms with Gasteiger partial charge in [0, 0.05) is 10.6 Å². The summed E-state index contributed by atoms with van der Waals surface area (Å²) in [5.74, 6) is -0.0897. The van der Waals surface area contributed by atoms with Crippen molar-refractivity contribution in [3.63, 3.8) is 0 Å². The van der Waals surface area contributed by atoms with Gasteiger partial charge in [0.2, 0.25) is 0 Å². The quantitative estimate of drug-likeness (QED) is 0.429.